The molecule has 3 heterocycles. The highest BCUT2D eigenvalue weighted by molar-refractivity contribution is 5.96. The number of aryl methyl sites for hydroxylation is 1. The Bertz CT molecular complexity index is 786. The first kappa shape index (κ1) is 16.9. The summed E-state index contributed by atoms with van der Waals surface area (Å²) in [5.41, 5.74) is 0.964. The quantitative estimate of drug-likeness (QED) is 0.821. The molecule has 1 fully saturated rings. The van der Waals surface area contributed by atoms with Gasteiger partial charge >= 0.3 is 0 Å². The summed E-state index contributed by atoms with van der Waals surface area (Å²) < 4.78 is 7.49. The van der Waals surface area contributed by atoms with Crippen LogP contribution in [-0.4, -0.2) is 69.7 Å². The van der Waals surface area contributed by atoms with Crippen LogP contribution in [0.4, 0.5) is 0 Å². The largest absolute Gasteiger partial charge is 0.472 e. The van der Waals surface area contributed by atoms with Gasteiger partial charge in [-0.15, -0.1) is 0 Å². The van der Waals surface area contributed by atoms with Crippen LogP contribution in [0.2, 0.25) is 0 Å². The lowest BCUT2D eigenvalue weighted by Crippen LogP contribution is -2.32. The second-order valence-electron chi connectivity index (χ2n) is 6.18. The number of likely N-dealkylation sites (tertiary alicyclic amines) is 1. The Morgan fingerprint density at radius 3 is 2.76 bits per heavy atom. The van der Waals surface area contributed by atoms with Gasteiger partial charge in [0.25, 0.3) is 11.8 Å². The zero-order valence-corrected chi connectivity index (χ0v) is 14.5. The van der Waals surface area contributed by atoms with Crippen molar-refractivity contribution in [2.75, 3.05) is 27.2 Å². The standard InChI is InChI=1S/C17H21N5O3/c1-20(2)16(23)13-5-4-8-18-15(13)25-12-7-10-22(11-12)17(24)14-6-9-19-21(14)3/h4-6,8-9,12H,7,10-11H2,1-3H3. The molecule has 0 radical (unpaired) electrons. The van der Waals surface area contributed by atoms with E-state index in [-0.39, 0.29) is 17.9 Å². The fraction of sp³-hybridized carbons (Fsp3) is 0.412. The van der Waals surface area contributed by atoms with Crippen LogP contribution in [0.3, 0.4) is 0 Å². The molecule has 0 aliphatic carbocycles. The minimum Gasteiger partial charge on any atom is -0.472 e. The van der Waals surface area contributed by atoms with Gasteiger partial charge in [0.05, 0.1) is 6.54 Å². The Balaban J connectivity index is 1.69. The van der Waals surface area contributed by atoms with Crippen molar-refractivity contribution >= 4 is 11.8 Å². The summed E-state index contributed by atoms with van der Waals surface area (Å²) in [6.45, 7) is 1.05. The third-order valence-corrected chi connectivity index (χ3v) is 4.16. The van der Waals surface area contributed by atoms with Gasteiger partial charge in [0.15, 0.2) is 0 Å². The van der Waals surface area contributed by atoms with Crippen LogP contribution in [0.25, 0.3) is 0 Å². The maximum atomic E-state index is 12.5. The summed E-state index contributed by atoms with van der Waals surface area (Å²) in [4.78, 5) is 32.2. The number of carbonyl (C=O) groups excluding carboxylic acids is 2. The molecule has 2 aromatic rings. The van der Waals surface area contributed by atoms with Crippen molar-refractivity contribution in [2.45, 2.75) is 12.5 Å². The SMILES string of the molecule is CN(C)C(=O)c1cccnc1OC1CCN(C(=O)c2ccnn2C)C1. The first-order valence-electron chi connectivity index (χ1n) is 8.08. The molecule has 1 aliphatic heterocycles. The summed E-state index contributed by atoms with van der Waals surface area (Å²) in [5, 5.41) is 4.03. The number of hydrogen-bond acceptors (Lipinski definition) is 5. The van der Waals surface area contributed by atoms with Crippen LogP contribution < -0.4 is 4.74 Å². The highest BCUT2D eigenvalue weighted by Crippen LogP contribution is 2.22. The van der Waals surface area contributed by atoms with E-state index < -0.39 is 0 Å². The van der Waals surface area contributed by atoms with E-state index in [1.54, 1.807) is 61.3 Å². The van der Waals surface area contributed by atoms with Crippen molar-refractivity contribution in [3.05, 3.63) is 41.9 Å². The number of ether oxygens (including phenoxy) is 1. The van der Waals surface area contributed by atoms with E-state index in [1.165, 1.54) is 4.90 Å². The average molecular weight is 343 g/mol. The van der Waals surface area contributed by atoms with Crippen molar-refractivity contribution < 1.29 is 14.3 Å². The van der Waals surface area contributed by atoms with E-state index in [9.17, 15) is 9.59 Å². The molecule has 0 aromatic carbocycles. The van der Waals surface area contributed by atoms with Gasteiger partial charge in [-0.1, -0.05) is 0 Å². The molecule has 3 rings (SSSR count). The van der Waals surface area contributed by atoms with E-state index in [0.717, 1.165) is 0 Å². The maximum absolute atomic E-state index is 12.5. The average Bonchev–Trinajstić information content (AvgIpc) is 3.23. The fourth-order valence-corrected chi connectivity index (χ4v) is 2.80. The Hall–Kier alpha value is -2.90. The summed E-state index contributed by atoms with van der Waals surface area (Å²) in [7, 11) is 5.11. The smallest absolute Gasteiger partial charge is 0.272 e. The number of carbonyl (C=O) groups is 2. The molecular weight excluding hydrogens is 322 g/mol. The number of amides is 2. The molecule has 1 unspecified atom stereocenters. The Morgan fingerprint density at radius 1 is 1.28 bits per heavy atom. The summed E-state index contributed by atoms with van der Waals surface area (Å²) in [5.74, 6) is 0.0710. The first-order valence-corrected chi connectivity index (χ1v) is 8.08. The second kappa shape index (κ2) is 6.92. The molecule has 1 saturated heterocycles. The highest BCUT2D eigenvalue weighted by atomic mass is 16.5. The van der Waals surface area contributed by atoms with E-state index in [4.69, 9.17) is 4.74 Å². The zero-order valence-electron chi connectivity index (χ0n) is 14.5. The number of pyridine rings is 1. The molecule has 8 heteroatoms. The molecule has 25 heavy (non-hydrogen) atoms. The Kier molecular flexibility index (Phi) is 4.69. The van der Waals surface area contributed by atoms with Gasteiger partial charge in [0.2, 0.25) is 5.88 Å². The molecular formula is C17H21N5O3. The van der Waals surface area contributed by atoms with E-state index in [2.05, 4.69) is 10.1 Å². The van der Waals surface area contributed by atoms with Crippen molar-refractivity contribution in [3.8, 4) is 5.88 Å². The van der Waals surface area contributed by atoms with Crippen molar-refractivity contribution in [2.24, 2.45) is 7.05 Å². The van der Waals surface area contributed by atoms with Crippen molar-refractivity contribution in [1.82, 2.24) is 24.6 Å². The first-order chi connectivity index (χ1) is 12.0. The molecule has 2 amide bonds. The molecule has 132 valence electrons. The molecule has 0 saturated carbocycles. The normalized spacial score (nSPS) is 16.8. The van der Waals surface area contributed by atoms with Gasteiger partial charge in [-0.25, -0.2) is 4.98 Å². The molecule has 8 nitrogen and oxygen atoms in total. The van der Waals surface area contributed by atoms with Crippen molar-refractivity contribution in [3.63, 3.8) is 0 Å². The summed E-state index contributed by atoms with van der Waals surface area (Å²) >= 11 is 0. The minimum absolute atomic E-state index is 0.0725. The minimum atomic E-state index is -0.194. The maximum Gasteiger partial charge on any atom is 0.272 e. The van der Waals surface area contributed by atoms with Crippen LogP contribution in [0.5, 0.6) is 5.88 Å². The molecule has 1 aliphatic rings. The van der Waals surface area contributed by atoms with E-state index in [0.29, 0.717) is 36.6 Å². The predicted octanol–water partition coefficient (Wildman–Crippen LogP) is 0.810. The molecule has 0 bridgehead atoms. The highest BCUT2D eigenvalue weighted by Gasteiger charge is 2.30. The molecule has 1 atom stereocenters. The lowest BCUT2D eigenvalue weighted by molar-refractivity contribution is 0.0753. The second-order valence-corrected chi connectivity index (χ2v) is 6.18. The molecule has 2 aromatic heterocycles. The van der Waals surface area contributed by atoms with Crippen LogP contribution in [-0.2, 0) is 7.05 Å². The fourth-order valence-electron chi connectivity index (χ4n) is 2.80. The van der Waals surface area contributed by atoms with Crippen molar-refractivity contribution in [1.29, 1.82) is 0 Å². The van der Waals surface area contributed by atoms with Gasteiger partial charge in [-0.2, -0.15) is 5.10 Å². The van der Waals surface area contributed by atoms with Gasteiger partial charge in [-0.3, -0.25) is 14.3 Å². The number of rotatable bonds is 4. The van der Waals surface area contributed by atoms with Gasteiger partial charge in [-0.05, 0) is 18.2 Å². The lowest BCUT2D eigenvalue weighted by Gasteiger charge is -2.18. The Labute approximate surface area is 146 Å². The van der Waals surface area contributed by atoms with Gasteiger partial charge < -0.3 is 14.5 Å². The topological polar surface area (TPSA) is 80.6 Å². The summed E-state index contributed by atoms with van der Waals surface area (Å²) in [6, 6.07) is 5.10. The lowest BCUT2D eigenvalue weighted by atomic mass is 10.2. The van der Waals surface area contributed by atoms with Crippen LogP contribution in [0.1, 0.15) is 27.3 Å². The van der Waals surface area contributed by atoms with Crippen LogP contribution in [0.15, 0.2) is 30.6 Å². The number of nitrogens with zero attached hydrogens (tertiary/aromatic N) is 5. The Morgan fingerprint density at radius 2 is 2.08 bits per heavy atom. The van der Waals surface area contributed by atoms with Gasteiger partial charge in [0, 0.05) is 46.5 Å². The number of aromatic nitrogens is 3. The monoisotopic (exact) mass is 343 g/mol. The molecule has 0 spiro atoms. The van der Waals surface area contributed by atoms with Gasteiger partial charge in [0.1, 0.15) is 17.4 Å². The number of hydrogen-bond donors (Lipinski definition) is 0. The van der Waals surface area contributed by atoms with E-state index in [1.807, 2.05) is 0 Å². The predicted molar refractivity (Wildman–Crippen MR) is 90.4 cm³/mol. The summed E-state index contributed by atoms with van der Waals surface area (Å²) in [6.07, 6.45) is 3.69. The van der Waals surface area contributed by atoms with Crippen LogP contribution in [0, 0.1) is 0 Å². The third-order valence-electron chi connectivity index (χ3n) is 4.16. The van der Waals surface area contributed by atoms with Crippen LogP contribution >= 0.6 is 0 Å². The molecule has 0 N–H and O–H groups in total. The third kappa shape index (κ3) is 3.47. The van der Waals surface area contributed by atoms with E-state index >= 15 is 0 Å². The zero-order chi connectivity index (χ0) is 18.0.